The van der Waals surface area contributed by atoms with E-state index in [0.717, 1.165) is 22.2 Å². The van der Waals surface area contributed by atoms with Crippen LogP contribution in [0.4, 0.5) is 0 Å². The second kappa shape index (κ2) is 3.94. The Kier molecular flexibility index (Phi) is 2.80. The van der Waals surface area contributed by atoms with Crippen LogP contribution in [-0.2, 0) is 13.5 Å². The summed E-state index contributed by atoms with van der Waals surface area (Å²) in [5.74, 6) is 1.03. The van der Waals surface area contributed by atoms with E-state index in [4.69, 9.17) is 5.73 Å². The average molecular weight is 268 g/mol. The lowest BCUT2D eigenvalue weighted by molar-refractivity contribution is 0.884. The number of nitrogens with zero attached hydrogens (tertiary/aromatic N) is 2. The van der Waals surface area contributed by atoms with Gasteiger partial charge in [-0.05, 0) is 37.6 Å². The Morgan fingerprint density at radius 3 is 2.87 bits per heavy atom. The van der Waals surface area contributed by atoms with Crippen molar-refractivity contribution in [1.29, 1.82) is 0 Å². The van der Waals surface area contributed by atoms with Crippen LogP contribution in [0.2, 0.25) is 0 Å². The highest BCUT2D eigenvalue weighted by Crippen LogP contribution is 2.24. The second-order valence-corrected chi connectivity index (χ2v) is 4.54. The van der Waals surface area contributed by atoms with Gasteiger partial charge < -0.3 is 10.3 Å². The minimum Gasteiger partial charge on any atom is -0.331 e. The van der Waals surface area contributed by atoms with Gasteiger partial charge in [-0.2, -0.15) is 0 Å². The number of hydrogen-bond acceptors (Lipinski definition) is 2. The number of aromatic nitrogens is 2. The van der Waals surface area contributed by atoms with E-state index in [1.807, 2.05) is 14.0 Å². The molecule has 2 N–H and O–H groups in total. The molecule has 4 heteroatoms. The number of hydrogen-bond donors (Lipinski definition) is 1. The molecule has 3 nitrogen and oxygen atoms in total. The summed E-state index contributed by atoms with van der Waals surface area (Å²) in [5, 5.41) is 0. The van der Waals surface area contributed by atoms with E-state index in [0.29, 0.717) is 6.54 Å². The van der Waals surface area contributed by atoms with Crippen molar-refractivity contribution >= 4 is 27.0 Å². The average Bonchev–Trinajstić information content (AvgIpc) is 2.45. The van der Waals surface area contributed by atoms with Gasteiger partial charge in [-0.25, -0.2) is 4.98 Å². The minimum absolute atomic E-state index is 0.668. The van der Waals surface area contributed by atoms with Gasteiger partial charge in [0.1, 0.15) is 5.82 Å². The zero-order valence-corrected chi connectivity index (χ0v) is 10.5. The molecule has 0 unspecified atom stereocenters. The Labute approximate surface area is 97.4 Å². The molecule has 1 aromatic carbocycles. The van der Waals surface area contributed by atoms with Crippen LogP contribution in [0.25, 0.3) is 11.0 Å². The van der Waals surface area contributed by atoms with Gasteiger partial charge in [-0.3, -0.25) is 0 Å². The molecule has 0 aliphatic heterocycles. The SMILES string of the molecule is Cc1nc2cc(Br)c(CCN)cc2n1C. The summed E-state index contributed by atoms with van der Waals surface area (Å²) in [7, 11) is 2.03. The summed E-state index contributed by atoms with van der Waals surface area (Å²) in [6.07, 6.45) is 0.890. The fraction of sp³-hybridized carbons (Fsp3) is 0.364. The topological polar surface area (TPSA) is 43.8 Å². The summed E-state index contributed by atoms with van der Waals surface area (Å²) in [6, 6.07) is 4.22. The molecule has 0 spiro atoms. The molecule has 0 fully saturated rings. The first-order valence-electron chi connectivity index (χ1n) is 4.95. The third-order valence-electron chi connectivity index (χ3n) is 2.69. The van der Waals surface area contributed by atoms with Crippen LogP contribution in [0.3, 0.4) is 0 Å². The van der Waals surface area contributed by atoms with Gasteiger partial charge in [-0.15, -0.1) is 0 Å². The summed E-state index contributed by atoms with van der Waals surface area (Å²) >= 11 is 3.55. The largest absolute Gasteiger partial charge is 0.331 e. The third-order valence-corrected chi connectivity index (χ3v) is 3.42. The Morgan fingerprint density at radius 2 is 2.20 bits per heavy atom. The first-order valence-corrected chi connectivity index (χ1v) is 5.74. The quantitative estimate of drug-likeness (QED) is 0.906. The highest BCUT2D eigenvalue weighted by Gasteiger charge is 2.07. The summed E-state index contributed by atoms with van der Waals surface area (Å²) in [4.78, 5) is 4.48. The molecule has 80 valence electrons. The second-order valence-electron chi connectivity index (χ2n) is 3.69. The molecule has 0 aliphatic carbocycles. The van der Waals surface area contributed by atoms with Gasteiger partial charge in [0, 0.05) is 11.5 Å². The highest BCUT2D eigenvalue weighted by molar-refractivity contribution is 9.10. The van der Waals surface area contributed by atoms with Crippen molar-refractivity contribution in [1.82, 2.24) is 9.55 Å². The van der Waals surface area contributed by atoms with E-state index in [1.54, 1.807) is 0 Å². The van der Waals surface area contributed by atoms with Crippen molar-refractivity contribution < 1.29 is 0 Å². The standard InChI is InChI=1S/C11H14BrN3/c1-7-14-10-6-9(12)8(3-4-13)5-11(10)15(7)2/h5-6H,3-4,13H2,1-2H3. The van der Waals surface area contributed by atoms with E-state index in [1.165, 1.54) is 11.1 Å². The summed E-state index contributed by atoms with van der Waals surface area (Å²) in [6.45, 7) is 2.68. The van der Waals surface area contributed by atoms with Crippen molar-refractivity contribution in [3.8, 4) is 0 Å². The Balaban J connectivity index is 2.66. The van der Waals surface area contributed by atoms with E-state index < -0.39 is 0 Å². The Morgan fingerprint density at radius 1 is 1.47 bits per heavy atom. The molecular formula is C11H14BrN3. The number of aryl methyl sites for hydroxylation is 2. The molecule has 0 saturated heterocycles. The predicted octanol–water partition coefficient (Wildman–Crippen LogP) is 2.15. The zero-order valence-electron chi connectivity index (χ0n) is 8.92. The monoisotopic (exact) mass is 267 g/mol. The number of rotatable bonds is 2. The Bertz CT molecular complexity index is 502. The number of benzene rings is 1. The molecule has 2 rings (SSSR count). The van der Waals surface area contributed by atoms with Crippen LogP contribution in [0.1, 0.15) is 11.4 Å². The van der Waals surface area contributed by atoms with Gasteiger partial charge in [0.2, 0.25) is 0 Å². The third kappa shape index (κ3) is 1.79. The minimum atomic E-state index is 0.668. The van der Waals surface area contributed by atoms with Crippen molar-refractivity contribution in [2.45, 2.75) is 13.3 Å². The number of nitrogens with two attached hydrogens (primary N) is 1. The van der Waals surface area contributed by atoms with E-state index in [-0.39, 0.29) is 0 Å². The van der Waals surface area contributed by atoms with Gasteiger partial charge in [0.15, 0.2) is 0 Å². The fourth-order valence-electron chi connectivity index (χ4n) is 1.72. The number of fused-ring (bicyclic) bond motifs is 1. The molecular weight excluding hydrogens is 254 g/mol. The maximum Gasteiger partial charge on any atom is 0.106 e. The lowest BCUT2D eigenvalue weighted by Crippen LogP contribution is -2.03. The van der Waals surface area contributed by atoms with Crippen molar-refractivity contribution in [2.75, 3.05) is 6.54 Å². The van der Waals surface area contributed by atoms with Crippen LogP contribution in [0, 0.1) is 6.92 Å². The van der Waals surface area contributed by atoms with Crippen LogP contribution in [-0.4, -0.2) is 16.1 Å². The van der Waals surface area contributed by atoms with Crippen molar-refractivity contribution in [2.24, 2.45) is 12.8 Å². The van der Waals surface area contributed by atoms with E-state index in [9.17, 15) is 0 Å². The summed E-state index contributed by atoms with van der Waals surface area (Å²) < 4.78 is 3.19. The maximum atomic E-state index is 5.57. The van der Waals surface area contributed by atoms with Gasteiger partial charge in [0.05, 0.1) is 11.0 Å². The normalized spacial score (nSPS) is 11.2. The lowest BCUT2D eigenvalue weighted by Gasteiger charge is -2.04. The van der Waals surface area contributed by atoms with Crippen molar-refractivity contribution in [3.63, 3.8) is 0 Å². The van der Waals surface area contributed by atoms with Crippen LogP contribution >= 0.6 is 15.9 Å². The first kappa shape index (κ1) is 10.6. The smallest absolute Gasteiger partial charge is 0.106 e. The molecule has 0 radical (unpaired) electrons. The Hall–Kier alpha value is -0.870. The molecule has 0 amide bonds. The number of imidazole rings is 1. The number of halogens is 1. The van der Waals surface area contributed by atoms with Crippen LogP contribution < -0.4 is 5.73 Å². The summed E-state index contributed by atoms with van der Waals surface area (Å²) in [5.41, 5.74) is 9.01. The molecule has 1 aromatic heterocycles. The maximum absolute atomic E-state index is 5.57. The molecule has 0 saturated carbocycles. The van der Waals surface area contributed by atoms with Gasteiger partial charge >= 0.3 is 0 Å². The lowest BCUT2D eigenvalue weighted by atomic mass is 10.1. The van der Waals surface area contributed by atoms with Crippen LogP contribution in [0.5, 0.6) is 0 Å². The molecule has 15 heavy (non-hydrogen) atoms. The molecule has 2 aromatic rings. The first-order chi connectivity index (χ1) is 7.13. The predicted molar refractivity (Wildman–Crippen MR) is 65.9 cm³/mol. The van der Waals surface area contributed by atoms with E-state index in [2.05, 4.69) is 37.6 Å². The molecule has 0 bridgehead atoms. The van der Waals surface area contributed by atoms with Crippen LogP contribution in [0.15, 0.2) is 16.6 Å². The zero-order chi connectivity index (χ0) is 11.0. The molecule has 0 aliphatic rings. The van der Waals surface area contributed by atoms with Gasteiger partial charge in [-0.1, -0.05) is 15.9 Å². The van der Waals surface area contributed by atoms with E-state index >= 15 is 0 Å². The molecule has 0 atom stereocenters. The fourth-order valence-corrected chi connectivity index (χ4v) is 2.25. The molecule has 1 heterocycles. The van der Waals surface area contributed by atoms with Crippen molar-refractivity contribution in [3.05, 3.63) is 28.0 Å². The van der Waals surface area contributed by atoms with Gasteiger partial charge in [0.25, 0.3) is 0 Å². The highest BCUT2D eigenvalue weighted by atomic mass is 79.9.